The molecule has 0 saturated heterocycles. The lowest BCUT2D eigenvalue weighted by Crippen LogP contribution is -2.12. The molecule has 0 spiro atoms. The fraction of sp³-hybridized carbons (Fsp3) is 0.250. The third-order valence-corrected chi connectivity index (χ3v) is 2.43. The summed E-state index contributed by atoms with van der Waals surface area (Å²) in [7, 11) is 0. The van der Waals surface area contributed by atoms with E-state index in [-0.39, 0.29) is 5.91 Å². The van der Waals surface area contributed by atoms with Gasteiger partial charge in [-0.3, -0.25) is 4.79 Å². The van der Waals surface area contributed by atoms with Crippen molar-refractivity contribution in [1.82, 2.24) is 5.32 Å². The van der Waals surface area contributed by atoms with Crippen molar-refractivity contribution in [2.75, 3.05) is 6.61 Å². The summed E-state index contributed by atoms with van der Waals surface area (Å²) in [4.78, 5) is 11.4. The molecule has 3 nitrogen and oxygen atoms in total. The molecule has 0 aromatic heterocycles. The molecule has 0 aliphatic carbocycles. The van der Waals surface area contributed by atoms with Crippen LogP contribution < -0.4 is 5.32 Å². The molecule has 2 rings (SSSR count). The molecule has 0 radical (unpaired) electrons. The second-order valence-electron chi connectivity index (χ2n) is 3.41. The minimum absolute atomic E-state index is 0.0175. The van der Waals surface area contributed by atoms with Crippen molar-refractivity contribution in [2.45, 2.75) is 13.5 Å². The molecule has 1 heterocycles. The van der Waals surface area contributed by atoms with E-state index in [2.05, 4.69) is 11.9 Å². The van der Waals surface area contributed by atoms with Gasteiger partial charge in [0.1, 0.15) is 5.76 Å². The van der Waals surface area contributed by atoms with Crippen LogP contribution in [0.2, 0.25) is 0 Å². The van der Waals surface area contributed by atoms with Gasteiger partial charge in [0.15, 0.2) is 0 Å². The van der Waals surface area contributed by atoms with Gasteiger partial charge < -0.3 is 10.1 Å². The van der Waals surface area contributed by atoms with Gasteiger partial charge in [-0.05, 0) is 18.6 Å². The quantitative estimate of drug-likeness (QED) is 0.762. The summed E-state index contributed by atoms with van der Waals surface area (Å²) in [5.74, 6) is 0.594. The van der Waals surface area contributed by atoms with Crippen LogP contribution in [-0.4, -0.2) is 12.5 Å². The summed E-state index contributed by atoms with van der Waals surface area (Å²) >= 11 is 0. The molecule has 1 aliphatic heterocycles. The van der Waals surface area contributed by atoms with Gasteiger partial charge in [0.05, 0.1) is 6.61 Å². The Morgan fingerprint density at radius 3 is 3.13 bits per heavy atom. The topological polar surface area (TPSA) is 38.3 Å². The van der Waals surface area contributed by atoms with Crippen molar-refractivity contribution in [1.29, 1.82) is 0 Å². The van der Waals surface area contributed by atoms with Crippen LogP contribution in [-0.2, 0) is 11.3 Å². The number of carbonyl (C=O) groups is 1. The van der Waals surface area contributed by atoms with E-state index in [0.717, 1.165) is 16.7 Å². The summed E-state index contributed by atoms with van der Waals surface area (Å²) in [6.45, 7) is 6.93. The average Bonchev–Trinajstić information content (AvgIpc) is 2.60. The van der Waals surface area contributed by atoms with Crippen LogP contribution in [0, 0.1) is 0 Å². The summed E-state index contributed by atoms with van der Waals surface area (Å²) in [5.41, 5.74) is 2.63. The van der Waals surface area contributed by atoms with E-state index in [0.29, 0.717) is 18.9 Å². The van der Waals surface area contributed by atoms with Crippen molar-refractivity contribution >= 4 is 11.7 Å². The van der Waals surface area contributed by atoms with Crippen molar-refractivity contribution in [3.8, 4) is 0 Å². The van der Waals surface area contributed by atoms with Crippen molar-refractivity contribution in [3.05, 3.63) is 41.5 Å². The molecule has 78 valence electrons. The fourth-order valence-corrected chi connectivity index (χ4v) is 1.64. The zero-order valence-electron chi connectivity index (χ0n) is 8.67. The Hall–Kier alpha value is -1.77. The first-order valence-electron chi connectivity index (χ1n) is 4.95. The number of amides is 1. The molecule has 1 aliphatic rings. The Balaban J connectivity index is 2.33. The lowest BCUT2D eigenvalue weighted by Gasteiger charge is -2.07. The first kappa shape index (κ1) is 9.77. The molecule has 0 atom stereocenters. The van der Waals surface area contributed by atoms with Gasteiger partial charge in [-0.25, -0.2) is 0 Å². The maximum absolute atomic E-state index is 11.4. The van der Waals surface area contributed by atoms with Crippen LogP contribution in [0.4, 0.5) is 0 Å². The third kappa shape index (κ3) is 1.73. The third-order valence-electron chi connectivity index (χ3n) is 2.43. The highest BCUT2D eigenvalue weighted by Gasteiger charge is 2.19. The summed E-state index contributed by atoms with van der Waals surface area (Å²) in [5, 5.41) is 2.77. The standard InChI is InChI=1S/C12H13NO2/c1-3-15-8(2)9-4-5-10-7-13-12(14)11(10)6-9/h4-6H,2-3,7H2,1H3,(H,13,14). The van der Waals surface area contributed by atoms with Crippen LogP contribution in [0.25, 0.3) is 5.76 Å². The minimum Gasteiger partial charge on any atom is -0.494 e. The monoisotopic (exact) mass is 203 g/mol. The summed E-state index contributed by atoms with van der Waals surface area (Å²) < 4.78 is 5.30. The van der Waals surface area contributed by atoms with Gasteiger partial charge in [0.25, 0.3) is 5.91 Å². The number of fused-ring (bicyclic) bond motifs is 1. The first-order chi connectivity index (χ1) is 7.22. The highest BCUT2D eigenvalue weighted by molar-refractivity contribution is 5.98. The summed E-state index contributed by atoms with van der Waals surface area (Å²) in [6, 6.07) is 5.69. The summed E-state index contributed by atoms with van der Waals surface area (Å²) in [6.07, 6.45) is 0. The molecule has 1 N–H and O–H groups in total. The predicted molar refractivity (Wildman–Crippen MR) is 58.3 cm³/mol. The average molecular weight is 203 g/mol. The fourth-order valence-electron chi connectivity index (χ4n) is 1.64. The van der Waals surface area contributed by atoms with Crippen LogP contribution in [0.15, 0.2) is 24.8 Å². The molecule has 15 heavy (non-hydrogen) atoms. The van der Waals surface area contributed by atoms with Crippen molar-refractivity contribution in [3.63, 3.8) is 0 Å². The van der Waals surface area contributed by atoms with Gasteiger partial charge in [0.2, 0.25) is 0 Å². The van der Waals surface area contributed by atoms with Crippen LogP contribution in [0.3, 0.4) is 0 Å². The Kier molecular flexibility index (Phi) is 2.46. The van der Waals surface area contributed by atoms with E-state index < -0.39 is 0 Å². The number of hydrogen-bond donors (Lipinski definition) is 1. The minimum atomic E-state index is -0.0175. The molecule has 3 heteroatoms. The molecule has 0 unspecified atom stereocenters. The molecule has 1 aromatic carbocycles. The highest BCUT2D eigenvalue weighted by atomic mass is 16.5. The molecule has 1 amide bonds. The van der Waals surface area contributed by atoms with E-state index in [1.165, 1.54) is 0 Å². The number of benzene rings is 1. The predicted octanol–water partition coefficient (Wildman–Crippen LogP) is 1.94. The number of rotatable bonds is 3. The largest absolute Gasteiger partial charge is 0.494 e. The highest BCUT2D eigenvalue weighted by Crippen LogP contribution is 2.21. The normalized spacial score (nSPS) is 13.3. The Morgan fingerprint density at radius 1 is 1.60 bits per heavy atom. The van der Waals surface area contributed by atoms with Gasteiger partial charge in [-0.15, -0.1) is 0 Å². The Morgan fingerprint density at radius 2 is 2.40 bits per heavy atom. The maximum atomic E-state index is 11.4. The molecular formula is C12H13NO2. The van der Waals surface area contributed by atoms with Crippen LogP contribution >= 0.6 is 0 Å². The number of hydrogen-bond acceptors (Lipinski definition) is 2. The van der Waals surface area contributed by atoms with E-state index >= 15 is 0 Å². The van der Waals surface area contributed by atoms with Gasteiger partial charge in [-0.1, -0.05) is 18.7 Å². The Labute approximate surface area is 88.8 Å². The molecule has 0 fully saturated rings. The second kappa shape index (κ2) is 3.77. The van der Waals surface area contributed by atoms with Gasteiger partial charge in [-0.2, -0.15) is 0 Å². The van der Waals surface area contributed by atoms with E-state index in [1.54, 1.807) is 0 Å². The molecule has 0 bridgehead atoms. The van der Waals surface area contributed by atoms with Crippen LogP contribution in [0.1, 0.15) is 28.4 Å². The lowest BCUT2D eigenvalue weighted by molar-refractivity contribution is 0.0965. The number of carbonyl (C=O) groups excluding carboxylic acids is 1. The van der Waals surface area contributed by atoms with Crippen LogP contribution in [0.5, 0.6) is 0 Å². The molecular weight excluding hydrogens is 190 g/mol. The second-order valence-corrected chi connectivity index (χ2v) is 3.41. The smallest absolute Gasteiger partial charge is 0.251 e. The SMILES string of the molecule is C=C(OCC)c1ccc2c(c1)C(=O)NC2. The van der Waals surface area contributed by atoms with Crippen molar-refractivity contribution < 1.29 is 9.53 Å². The van der Waals surface area contributed by atoms with E-state index in [9.17, 15) is 4.79 Å². The Bertz CT molecular complexity index is 424. The van der Waals surface area contributed by atoms with E-state index in [1.807, 2.05) is 25.1 Å². The van der Waals surface area contributed by atoms with Gasteiger partial charge >= 0.3 is 0 Å². The maximum Gasteiger partial charge on any atom is 0.251 e. The zero-order valence-corrected chi connectivity index (χ0v) is 8.67. The van der Waals surface area contributed by atoms with Crippen molar-refractivity contribution in [2.24, 2.45) is 0 Å². The first-order valence-corrected chi connectivity index (χ1v) is 4.95. The number of ether oxygens (including phenoxy) is 1. The molecule has 0 saturated carbocycles. The zero-order chi connectivity index (χ0) is 10.8. The van der Waals surface area contributed by atoms with E-state index in [4.69, 9.17) is 4.74 Å². The van der Waals surface area contributed by atoms with Gasteiger partial charge in [0, 0.05) is 17.7 Å². The lowest BCUT2D eigenvalue weighted by atomic mass is 10.1. The molecule has 1 aromatic rings. The number of nitrogens with one attached hydrogen (secondary N) is 1.